The van der Waals surface area contributed by atoms with Gasteiger partial charge in [0, 0.05) is 0 Å². The summed E-state index contributed by atoms with van der Waals surface area (Å²) in [7, 11) is 0. The molecule has 1 N–H and O–H groups in total. The lowest BCUT2D eigenvalue weighted by Crippen LogP contribution is -2.25. The summed E-state index contributed by atoms with van der Waals surface area (Å²) >= 11 is 11.8. The van der Waals surface area contributed by atoms with Gasteiger partial charge in [-0.3, -0.25) is 4.79 Å². The van der Waals surface area contributed by atoms with Gasteiger partial charge in [-0.1, -0.05) is 47.5 Å². The zero-order valence-corrected chi connectivity index (χ0v) is 13.4. The van der Waals surface area contributed by atoms with Crippen LogP contribution in [0, 0.1) is 0 Å². The monoisotopic (exact) mass is 336 g/mol. The summed E-state index contributed by atoms with van der Waals surface area (Å²) in [6, 6.07) is 14.2. The highest BCUT2D eigenvalue weighted by molar-refractivity contribution is 6.42. The molecule has 0 spiro atoms. The van der Waals surface area contributed by atoms with Gasteiger partial charge in [-0.15, -0.1) is 0 Å². The van der Waals surface area contributed by atoms with E-state index in [0.29, 0.717) is 21.5 Å². The third-order valence-electron chi connectivity index (χ3n) is 2.80. The maximum atomic E-state index is 11.7. The maximum absolute atomic E-state index is 11.7. The summed E-state index contributed by atoms with van der Waals surface area (Å²) < 4.78 is 5.32. The fraction of sp³-hybridized carbons (Fsp3) is 0.125. The van der Waals surface area contributed by atoms with E-state index in [1.165, 1.54) is 0 Å². The number of hydrazone groups is 1. The molecule has 0 aliphatic rings. The average molecular weight is 337 g/mol. The first-order valence-electron chi connectivity index (χ1n) is 6.52. The van der Waals surface area contributed by atoms with Crippen molar-refractivity contribution in [2.45, 2.75) is 6.92 Å². The number of ether oxygens (including phenoxy) is 1. The lowest BCUT2D eigenvalue weighted by molar-refractivity contribution is -0.123. The second kappa shape index (κ2) is 7.82. The Bertz CT molecular complexity index is 688. The molecule has 0 atom stereocenters. The van der Waals surface area contributed by atoms with Crippen LogP contribution in [0.4, 0.5) is 0 Å². The highest BCUT2D eigenvalue weighted by Gasteiger charge is 2.04. The molecule has 0 bridgehead atoms. The third-order valence-corrected chi connectivity index (χ3v) is 3.54. The first-order chi connectivity index (χ1) is 10.6. The van der Waals surface area contributed by atoms with E-state index in [9.17, 15) is 4.79 Å². The van der Waals surface area contributed by atoms with E-state index in [4.69, 9.17) is 27.9 Å². The largest absolute Gasteiger partial charge is 0.484 e. The Balaban J connectivity index is 1.90. The highest BCUT2D eigenvalue weighted by atomic mass is 35.5. The third kappa shape index (κ3) is 4.76. The lowest BCUT2D eigenvalue weighted by atomic mass is 10.1. The molecular weight excluding hydrogens is 323 g/mol. The zero-order chi connectivity index (χ0) is 15.9. The number of amides is 1. The van der Waals surface area contributed by atoms with Crippen molar-refractivity contribution in [3.63, 3.8) is 0 Å². The van der Waals surface area contributed by atoms with Gasteiger partial charge in [-0.2, -0.15) is 5.10 Å². The number of nitrogens with zero attached hydrogens (tertiary/aromatic N) is 1. The normalized spacial score (nSPS) is 11.1. The maximum Gasteiger partial charge on any atom is 0.277 e. The molecule has 0 aliphatic heterocycles. The second-order valence-corrected chi connectivity index (χ2v) is 5.28. The Labute approximate surface area is 138 Å². The number of benzene rings is 2. The molecule has 22 heavy (non-hydrogen) atoms. The summed E-state index contributed by atoms with van der Waals surface area (Å²) in [5, 5.41) is 4.92. The molecule has 0 heterocycles. The zero-order valence-electron chi connectivity index (χ0n) is 11.8. The molecule has 1 amide bonds. The van der Waals surface area contributed by atoms with E-state index >= 15 is 0 Å². The smallest absolute Gasteiger partial charge is 0.277 e. The van der Waals surface area contributed by atoms with Crippen molar-refractivity contribution in [1.29, 1.82) is 0 Å². The molecule has 0 aromatic heterocycles. The predicted octanol–water partition coefficient (Wildman–Crippen LogP) is 3.91. The first kappa shape index (κ1) is 16.3. The Morgan fingerprint density at radius 2 is 1.86 bits per heavy atom. The van der Waals surface area contributed by atoms with Crippen molar-refractivity contribution in [2.75, 3.05) is 6.61 Å². The van der Waals surface area contributed by atoms with E-state index < -0.39 is 0 Å². The molecule has 0 saturated carbocycles. The molecule has 0 unspecified atom stereocenters. The Hall–Kier alpha value is -2.04. The Kier molecular flexibility index (Phi) is 5.81. The number of hydrogen-bond acceptors (Lipinski definition) is 3. The van der Waals surface area contributed by atoms with Gasteiger partial charge >= 0.3 is 0 Å². The SMILES string of the molecule is CC(=NNC(=O)COc1ccccc1)c1ccc(Cl)c(Cl)c1. The topological polar surface area (TPSA) is 50.7 Å². The van der Waals surface area contributed by atoms with E-state index in [1.807, 2.05) is 18.2 Å². The number of hydrogen-bond donors (Lipinski definition) is 1. The van der Waals surface area contributed by atoms with Crippen LogP contribution in [0.25, 0.3) is 0 Å². The summed E-state index contributed by atoms with van der Waals surface area (Å²) in [4.78, 5) is 11.7. The van der Waals surface area contributed by atoms with Crippen molar-refractivity contribution < 1.29 is 9.53 Å². The molecule has 2 aromatic rings. The molecule has 4 nitrogen and oxygen atoms in total. The molecule has 114 valence electrons. The molecule has 2 rings (SSSR count). The van der Waals surface area contributed by atoms with Gasteiger partial charge in [0.05, 0.1) is 15.8 Å². The number of para-hydroxylation sites is 1. The van der Waals surface area contributed by atoms with Crippen LogP contribution < -0.4 is 10.2 Å². The molecule has 0 aliphatic carbocycles. The van der Waals surface area contributed by atoms with Crippen LogP contribution in [0.3, 0.4) is 0 Å². The van der Waals surface area contributed by atoms with Crippen molar-refractivity contribution >= 4 is 34.8 Å². The number of rotatable bonds is 5. The standard InChI is InChI=1S/C16H14Cl2N2O2/c1-11(12-7-8-14(17)15(18)9-12)19-20-16(21)10-22-13-5-3-2-4-6-13/h2-9H,10H2,1H3,(H,20,21). The predicted molar refractivity (Wildman–Crippen MR) is 88.8 cm³/mol. The van der Waals surface area contributed by atoms with Crippen LogP contribution in [-0.2, 0) is 4.79 Å². The molecule has 0 fully saturated rings. The van der Waals surface area contributed by atoms with Crippen LogP contribution in [0.5, 0.6) is 5.75 Å². The number of carbonyl (C=O) groups is 1. The van der Waals surface area contributed by atoms with Gasteiger partial charge in [-0.25, -0.2) is 5.43 Å². The Morgan fingerprint density at radius 1 is 1.14 bits per heavy atom. The van der Waals surface area contributed by atoms with Gasteiger partial charge in [0.2, 0.25) is 0 Å². The quantitative estimate of drug-likeness (QED) is 0.664. The molecule has 0 saturated heterocycles. The minimum Gasteiger partial charge on any atom is -0.484 e. The lowest BCUT2D eigenvalue weighted by Gasteiger charge is -2.06. The fourth-order valence-electron chi connectivity index (χ4n) is 1.63. The molecule has 0 radical (unpaired) electrons. The number of halogens is 2. The first-order valence-corrected chi connectivity index (χ1v) is 7.28. The minimum atomic E-state index is -0.344. The van der Waals surface area contributed by atoms with Crippen molar-refractivity contribution in [3.05, 3.63) is 64.1 Å². The van der Waals surface area contributed by atoms with Crippen LogP contribution in [-0.4, -0.2) is 18.2 Å². The van der Waals surface area contributed by atoms with Crippen molar-refractivity contribution in [1.82, 2.24) is 5.43 Å². The molecular formula is C16H14Cl2N2O2. The minimum absolute atomic E-state index is 0.109. The van der Waals surface area contributed by atoms with Crippen LogP contribution in [0.15, 0.2) is 53.6 Å². The van der Waals surface area contributed by atoms with E-state index in [0.717, 1.165) is 5.56 Å². The van der Waals surface area contributed by atoms with E-state index in [1.54, 1.807) is 37.3 Å². The van der Waals surface area contributed by atoms with Gasteiger partial charge < -0.3 is 4.74 Å². The van der Waals surface area contributed by atoms with Crippen LogP contribution >= 0.6 is 23.2 Å². The van der Waals surface area contributed by atoms with E-state index in [2.05, 4.69) is 10.5 Å². The van der Waals surface area contributed by atoms with Crippen LogP contribution in [0.2, 0.25) is 10.0 Å². The fourth-order valence-corrected chi connectivity index (χ4v) is 1.93. The summed E-state index contributed by atoms with van der Waals surface area (Å²) in [5.74, 6) is 0.283. The van der Waals surface area contributed by atoms with E-state index in [-0.39, 0.29) is 12.5 Å². The van der Waals surface area contributed by atoms with Gasteiger partial charge in [0.1, 0.15) is 5.75 Å². The van der Waals surface area contributed by atoms with Crippen molar-refractivity contribution in [2.24, 2.45) is 5.10 Å². The van der Waals surface area contributed by atoms with Crippen molar-refractivity contribution in [3.8, 4) is 5.75 Å². The summed E-state index contributed by atoms with van der Waals surface area (Å²) in [6.07, 6.45) is 0. The number of nitrogens with one attached hydrogen (secondary N) is 1. The number of carbonyl (C=O) groups excluding carboxylic acids is 1. The molecule has 6 heteroatoms. The van der Waals surface area contributed by atoms with Gasteiger partial charge in [-0.05, 0) is 36.8 Å². The van der Waals surface area contributed by atoms with Gasteiger partial charge in [0.25, 0.3) is 5.91 Å². The summed E-state index contributed by atoms with van der Waals surface area (Å²) in [6.45, 7) is 1.65. The highest BCUT2D eigenvalue weighted by Crippen LogP contribution is 2.22. The summed E-state index contributed by atoms with van der Waals surface area (Å²) in [5.41, 5.74) is 3.83. The van der Waals surface area contributed by atoms with Crippen LogP contribution in [0.1, 0.15) is 12.5 Å². The Morgan fingerprint density at radius 3 is 2.55 bits per heavy atom. The molecule has 2 aromatic carbocycles. The average Bonchev–Trinajstić information content (AvgIpc) is 2.54. The second-order valence-electron chi connectivity index (χ2n) is 4.46. The van der Waals surface area contributed by atoms with Gasteiger partial charge in [0.15, 0.2) is 6.61 Å².